The Morgan fingerprint density at radius 2 is 1.86 bits per heavy atom. The van der Waals surface area contributed by atoms with Gasteiger partial charge in [0.05, 0.1) is 15.6 Å². The van der Waals surface area contributed by atoms with Crippen molar-refractivity contribution in [2.45, 2.75) is 51.5 Å². The molecule has 112 valence electrons. The summed E-state index contributed by atoms with van der Waals surface area (Å²) in [5.74, 6) is 1.59. The summed E-state index contributed by atoms with van der Waals surface area (Å²) >= 11 is 1.86. The van der Waals surface area contributed by atoms with Gasteiger partial charge in [-0.05, 0) is 37.2 Å². The second kappa shape index (κ2) is 6.71. The minimum Gasteiger partial charge on any atom is -0.325 e. The third-order valence-electron chi connectivity index (χ3n) is 4.72. The van der Waals surface area contributed by atoms with E-state index in [-0.39, 0.29) is 0 Å². The number of benzene rings is 1. The van der Waals surface area contributed by atoms with Crippen LogP contribution >= 0.6 is 11.3 Å². The zero-order valence-corrected chi connectivity index (χ0v) is 13.5. The molecule has 3 heteroatoms. The fourth-order valence-corrected chi connectivity index (χ4v) is 4.58. The number of hydrogen-bond donors (Lipinski definition) is 1. The van der Waals surface area contributed by atoms with Crippen molar-refractivity contribution < 1.29 is 0 Å². The lowest BCUT2D eigenvalue weighted by Crippen LogP contribution is -2.12. The summed E-state index contributed by atoms with van der Waals surface area (Å²) in [5.41, 5.74) is 8.24. The fraction of sp³-hybridized carbons (Fsp3) is 0.500. The molecular weight excluding hydrogens is 276 g/mol. The van der Waals surface area contributed by atoms with Crippen molar-refractivity contribution >= 4 is 11.3 Å². The Balaban J connectivity index is 1.83. The zero-order chi connectivity index (χ0) is 14.7. The topological polar surface area (TPSA) is 38.9 Å². The molecule has 1 fully saturated rings. The maximum Gasteiger partial charge on any atom is 0.0966 e. The van der Waals surface area contributed by atoms with Crippen LogP contribution in [0.15, 0.2) is 30.3 Å². The highest BCUT2D eigenvalue weighted by molar-refractivity contribution is 7.15. The summed E-state index contributed by atoms with van der Waals surface area (Å²) in [6.45, 7) is 2.85. The molecule has 2 aromatic rings. The molecule has 1 saturated carbocycles. The second-order valence-electron chi connectivity index (χ2n) is 6.02. The van der Waals surface area contributed by atoms with Crippen molar-refractivity contribution in [1.82, 2.24) is 4.98 Å². The van der Waals surface area contributed by atoms with Crippen LogP contribution in [-0.4, -0.2) is 4.98 Å². The number of aromatic nitrogens is 1. The molecule has 2 nitrogen and oxygen atoms in total. The first-order chi connectivity index (χ1) is 10.3. The predicted octanol–water partition coefficient (Wildman–Crippen LogP) is 4.95. The van der Waals surface area contributed by atoms with Crippen molar-refractivity contribution in [2.75, 3.05) is 0 Å². The van der Waals surface area contributed by atoms with Gasteiger partial charge in [0.25, 0.3) is 0 Å². The van der Waals surface area contributed by atoms with Gasteiger partial charge in [-0.1, -0.05) is 43.7 Å². The Kier molecular flexibility index (Phi) is 4.71. The molecular formula is C18H24N2S. The van der Waals surface area contributed by atoms with E-state index in [1.165, 1.54) is 47.6 Å². The predicted molar refractivity (Wildman–Crippen MR) is 90.4 cm³/mol. The van der Waals surface area contributed by atoms with E-state index in [1.807, 2.05) is 11.3 Å². The Labute approximate surface area is 131 Å². The third-order valence-corrected chi connectivity index (χ3v) is 6.03. The highest BCUT2D eigenvalue weighted by Gasteiger charge is 2.25. The van der Waals surface area contributed by atoms with Gasteiger partial charge >= 0.3 is 0 Å². The molecule has 1 aliphatic carbocycles. The zero-order valence-electron chi connectivity index (χ0n) is 12.7. The SMILES string of the molecule is CCC1CCC(c2nc(CN)c(-c3ccccc3)s2)CC1. The van der Waals surface area contributed by atoms with E-state index in [4.69, 9.17) is 10.7 Å². The lowest BCUT2D eigenvalue weighted by atomic mass is 9.81. The van der Waals surface area contributed by atoms with Crippen LogP contribution in [0.25, 0.3) is 10.4 Å². The van der Waals surface area contributed by atoms with Crippen LogP contribution < -0.4 is 5.73 Å². The van der Waals surface area contributed by atoms with E-state index >= 15 is 0 Å². The van der Waals surface area contributed by atoms with E-state index in [9.17, 15) is 0 Å². The van der Waals surface area contributed by atoms with E-state index in [0.717, 1.165) is 11.6 Å². The molecule has 0 aliphatic heterocycles. The average molecular weight is 300 g/mol. The van der Waals surface area contributed by atoms with Gasteiger partial charge in [-0.15, -0.1) is 11.3 Å². The Morgan fingerprint density at radius 3 is 2.48 bits per heavy atom. The lowest BCUT2D eigenvalue weighted by Gasteiger charge is -2.26. The lowest BCUT2D eigenvalue weighted by molar-refractivity contribution is 0.318. The first kappa shape index (κ1) is 14.7. The molecule has 0 bridgehead atoms. The molecule has 0 unspecified atom stereocenters. The van der Waals surface area contributed by atoms with Gasteiger partial charge in [-0.3, -0.25) is 0 Å². The van der Waals surface area contributed by atoms with E-state index in [1.54, 1.807) is 0 Å². The van der Waals surface area contributed by atoms with Crippen LogP contribution in [0.2, 0.25) is 0 Å². The molecule has 0 saturated heterocycles. The largest absolute Gasteiger partial charge is 0.325 e. The summed E-state index contributed by atoms with van der Waals surface area (Å²) in [5, 5.41) is 1.31. The number of nitrogens with two attached hydrogens (primary N) is 1. The highest BCUT2D eigenvalue weighted by Crippen LogP contribution is 2.41. The van der Waals surface area contributed by atoms with Crippen LogP contribution in [0.5, 0.6) is 0 Å². The third kappa shape index (κ3) is 3.19. The minimum absolute atomic E-state index is 0.533. The smallest absolute Gasteiger partial charge is 0.0966 e. The standard InChI is InChI=1S/C18H24N2S/c1-2-13-8-10-15(11-9-13)18-20-16(12-19)17(21-18)14-6-4-3-5-7-14/h3-7,13,15H,2,8-12,19H2,1H3. The molecule has 1 aromatic carbocycles. The van der Waals surface area contributed by atoms with Gasteiger partial charge in [0.2, 0.25) is 0 Å². The number of rotatable bonds is 4. The van der Waals surface area contributed by atoms with Gasteiger partial charge in [0, 0.05) is 12.5 Å². The van der Waals surface area contributed by atoms with Crippen LogP contribution in [0.1, 0.15) is 55.6 Å². The van der Waals surface area contributed by atoms with Gasteiger partial charge in [-0.25, -0.2) is 4.98 Å². The highest BCUT2D eigenvalue weighted by atomic mass is 32.1. The van der Waals surface area contributed by atoms with Crippen molar-refractivity contribution in [1.29, 1.82) is 0 Å². The molecule has 2 N–H and O–H groups in total. The first-order valence-corrected chi connectivity index (χ1v) is 8.88. The van der Waals surface area contributed by atoms with Crippen molar-refractivity contribution in [3.63, 3.8) is 0 Å². The van der Waals surface area contributed by atoms with Gasteiger partial charge in [-0.2, -0.15) is 0 Å². The van der Waals surface area contributed by atoms with Gasteiger partial charge in [0.1, 0.15) is 0 Å². The van der Waals surface area contributed by atoms with Crippen LogP contribution in [0.3, 0.4) is 0 Å². The molecule has 0 atom stereocenters. The monoisotopic (exact) mass is 300 g/mol. The molecule has 0 spiro atoms. The summed E-state index contributed by atoms with van der Waals surface area (Å²) < 4.78 is 0. The Bertz CT molecular complexity index is 568. The minimum atomic E-state index is 0.533. The first-order valence-electron chi connectivity index (χ1n) is 8.06. The molecule has 0 amide bonds. The van der Waals surface area contributed by atoms with Crippen molar-refractivity contribution in [3.8, 4) is 10.4 Å². The molecule has 1 aromatic heterocycles. The number of nitrogens with zero attached hydrogens (tertiary/aromatic N) is 1. The Morgan fingerprint density at radius 1 is 1.14 bits per heavy atom. The fourth-order valence-electron chi connectivity index (χ4n) is 3.32. The van der Waals surface area contributed by atoms with E-state index in [0.29, 0.717) is 12.5 Å². The van der Waals surface area contributed by atoms with Crippen LogP contribution in [-0.2, 0) is 6.54 Å². The Hall–Kier alpha value is -1.19. The number of thiazole rings is 1. The number of hydrogen-bond acceptors (Lipinski definition) is 3. The van der Waals surface area contributed by atoms with Gasteiger partial charge < -0.3 is 5.73 Å². The maximum absolute atomic E-state index is 5.92. The van der Waals surface area contributed by atoms with Gasteiger partial charge in [0.15, 0.2) is 0 Å². The summed E-state index contributed by atoms with van der Waals surface area (Å²) in [4.78, 5) is 6.14. The summed E-state index contributed by atoms with van der Waals surface area (Å²) in [6, 6.07) is 10.5. The van der Waals surface area contributed by atoms with Crippen molar-refractivity contribution in [2.24, 2.45) is 11.7 Å². The summed E-state index contributed by atoms with van der Waals surface area (Å²) in [7, 11) is 0. The average Bonchev–Trinajstić information content (AvgIpc) is 3.00. The molecule has 0 radical (unpaired) electrons. The molecule has 21 heavy (non-hydrogen) atoms. The molecule has 3 rings (SSSR count). The van der Waals surface area contributed by atoms with Crippen LogP contribution in [0.4, 0.5) is 0 Å². The quantitative estimate of drug-likeness (QED) is 0.867. The molecule has 1 heterocycles. The molecule has 1 aliphatic rings. The maximum atomic E-state index is 5.92. The normalized spacial score (nSPS) is 22.4. The van der Waals surface area contributed by atoms with E-state index < -0.39 is 0 Å². The van der Waals surface area contributed by atoms with Crippen molar-refractivity contribution in [3.05, 3.63) is 41.0 Å². The van der Waals surface area contributed by atoms with E-state index in [2.05, 4.69) is 37.3 Å². The second-order valence-corrected chi connectivity index (χ2v) is 7.05. The summed E-state index contributed by atoms with van der Waals surface area (Å²) in [6.07, 6.45) is 6.64. The van der Waals surface area contributed by atoms with Crippen LogP contribution in [0, 0.1) is 5.92 Å².